The Balaban J connectivity index is 2.11. The highest BCUT2D eigenvalue weighted by molar-refractivity contribution is 5.60. The van der Waals surface area contributed by atoms with Gasteiger partial charge in [-0.15, -0.1) is 5.10 Å². The molecule has 0 atom stereocenters. The molecule has 0 unspecified atom stereocenters. The lowest BCUT2D eigenvalue weighted by Crippen LogP contribution is -2.00. The Morgan fingerprint density at radius 2 is 2.33 bits per heavy atom. The van der Waals surface area contributed by atoms with E-state index in [1.807, 2.05) is 6.92 Å². The number of nitrogens with zero attached hydrogens (tertiary/aromatic N) is 4. The Labute approximate surface area is 87.1 Å². The van der Waals surface area contributed by atoms with Gasteiger partial charge < -0.3 is 5.32 Å². The number of tetrazole rings is 1. The van der Waals surface area contributed by atoms with Crippen LogP contribution in [0.4, 0.5) is 5.69 Å². The summed E-state index contributed by atoms with van der Waals surface area (Å²) < 4.78 is 1.74. The number of aryl methyl sites for hydroxylation is 1. The third kappa shape index (κ3) is 1.27. The predicted molar refractivity (Wildman–Crippen MR) is 56.1 cm³/mol. The standard InChI is InChI=1S/C10H11N5/c1-7-12-13-14-15(7)9-3-2-8-4-5-11-10(8)6-9/h2-3,6,11H,4-5H2,1H3. The largest absolute Gasteiger partial charge is 0.384 e. The molecule has 15 heavy (non-hydrogen) atoms. The molecule has 0 saturated carbocycles. The summed E-state index contributed by atoms with van der Waals surface area (Å²) in [5, 5.41) is 14.8. The molecule has 0 saturated heterocycles. The minimum absolute atomic E-state index is 0.799. The van der Waals surface area contributed by atoms with Crippen LogP contribution in [0, 0.1) is 6.92 Å². The maximum atomic E-state index is 3.94. The first kappa shape index (κ1) is 8.40. The molecule has 0 amide bonds. The van der Waals surface area contributed by atoms with Gasteiger partial charge in [0, 0.05) is 12.2 Å². The molecule has 1 N–H and O–H groups in total. The van der Waals surface area contributed by atoms with E-state index >= 15 is 0 Å². The second-order valence-corrected chi connectivity index (χ2v) is 3.66. The molecule has 3 rings (SSSR count). The zero-order chi connectivity index (χ0) is 10.3. The lowest BCUT2D eigenvalue weighted by molar-refractivity contribution is 0.779. The number of rotatable bonds is 1. The van der Waals surface area contributed by atoms with Crippen molar-refractivity contribution in [3.05, 3.63) is 29.6 Å². The lowest BCUT2D eigenvalue weighted by Gasteiger charge is -2.04. The molecule has 5 nitrogen and oxygen atoms in total. The van der Waals surface area contributed by atoms with Gasteiger partial charge in [-0.05, 0) is 41.5 Å². The summed E-state index contributed by atoms with van der Waals surface area (Å²) in [6.45, 7) is 2.91. The summed E-state index contributed by atoms with van der Waals surface area (Å²) in [6, 6.07) is 6.27. The van der Waals surface area contributed by atoms with Crippen LogP contribution < -0.4 is 5.32 Å². The van der Waals surface area contributed by atoms with Gasteiger partial charge >= 0.3 is 0 Å². The van der Waals surface area contributed by atoms with Gasteiger partial charge in [0.25, 0.3) is 0 Å². The van der Waals surface area contributed by atoms with Crippen molar-refractivity contribution in [1.82, 2.24) is 20.2 Å². The number of hydrogen-bond acceptors (Lipinski definition) is 4. The van der Waals surface area contributed by atoms with Crippen LogP contribution in [0.1, 0.15) is 11.4 Å². The molecule has 2 aromatic rings. The molecule has 0 spiro atoms. The molecule has 0 bridgehead atoms. The van der Waals surface area contributed by atoms with E-state index in [1.165, 1.54) is 11.3 Å². The molecule has 76 valence electrons. The van der Waals surface area contributed by atoms with Crippen LogP contribution in [0.15, 0.2) is 18.2 Å². The molecule has 1 aliphatic heterocycles. The van der Waals surface area contributed by atoms with Crippen LogP contribution >= 0.6 is 0 Å². The fourth-order valence-corrected chi connectivity index (χ4v) is 1.88. The Morgan fingerprint density at radius 1 is 1.40 bits per heavy atom. The highest BCUT2D eigenvalue weighted by Gasteiger charge is 2.11. The number of anilines is 1. The summed E-state index contributed by atoms with van der Waals surface area (Å²) in [5.74, 6) is 0.799. The zero-order valence-corrected chi connectivity index (χ0v) is 8.44. The number of fused-ring (bicyclic) bond motifs is 1. The fraction of sp³-hybridized carbons (Fsp3) is 0.300. The molecule has 5 heteroatoms. The van der Waals surface area contributed by atoms with Crippen molar-refractivity contribution in [1.29, 1.82) is 0 Å². The van der Waals surface area contributed by atoms with Gasteiger partial charge in [0.05, 0.1) is 5.69 Å². The van der Waals surface area contributed by atoms with Gasteiger partial charge in [-0.3, -0.25) is 0 Å². The SMILES string of the molecule is Cc1nnnn1-c1ccc2c(c1)NCC2. The highest BCUT2D eigenvalue weighted by Crippen LogP contribution is 2.24. The third-order valence-electron chi connectivity index (χ3n) is 2.67. The summed E-state index contributed by atoms with van der Waals surface area (Å²) in [7, 11) is 0. The van der Waals surface area contributed by atoms with Gasteiger partial charge in [0.2, 0.25) is 0 Å². The monoisotopic (exact) mass is 201 g/mol. The van der Waals surface area contributed by atoms with Crippen LogP contribution in [-0.4, -0.2) is 26.8 Å². The maximum Gasteiger partial charge on any atom is 0.153 e. The van der Waals surface area contributed by atoms with Crippen LogP contribution in [0.5, 0.6) is 0 Å². The van der Waals surface area contributed by atoms with Crippen molar-refractivity contribution in [2.75, 3.05) is 11.9 Å². The molecule has 1 aromatic carbocycles. The minimum atomic E-state index is 0.799. The van der Waals surface area contributed by atoms with Crippen molar-refractivity contribution in [2.24, 2.45) is 0 Å². The number of hydrogen-bond donors (Lipinski definition) is 1. The predicted octanol–water partition coefficient (Wildman–Crippen LogP) is 0.939. The first-order valence-electron chi connectivity index (χ1n) is 4.97. The lowest BCUT2D eigenvalue weighted by atomic mass is 10.1. The van der Waals surface area contributed by atoms with E-state index in [2.05, 4.69) is 39.0 Å². The van der Waals surface area contributed by atoms with E-state index in [9.17, 15) is 0 Å². The van der Waals surface area contributed by atoms with E-state index in [0.717, 1.165) is 24.5 Å². The average molecular weight is 201 g/mol. The van der Waals surface area contributed by atoms with Crippen LogP contribution in [-0.2, 0) is 6.42 Å². The quantitative estimate of drug-likeness (QED) is 0.746. The van der Waals surface area contributed by atoms with E-state index in [-0.39, 0.29) is 0 Å². The molecule has 2 heterocycles. The minimum Gasteiger partial charge on any atom is -0.384 e. The van der Waals surface area contributed by atoms with Crippen molar-refractivity contribution in [3.63, 3.8) is 0 Å². The third-order valence-corrected chi connectivity index (χ3v) is 2.67. The van der Waals surface area contributed by atoms with Crippen molar-refractivity contribution >= 4 is 5.69 Å². The number of aromatic nitrogens is 4. The average Bonchev–Trinajstić information content (AvgIpc) is 2.84. The van der Waals surface area contributed by atoms with Gasteiger partial charge in [0.1, 0.15) is 0 Å². The van der Waals surface area contributed by atoms with E-state index in [4.69, 9.17) is 0 Å². The molecule has 0 aliphatic carbocycles. The van der Waals surface area contributed by atoms with Gasteiger partial charge in [0.15, 0.2) is 5.82 Å². The van der Waals surface area contributed by atoms with Crippen molar-refractivity contribution in [3.8, 4) is 5.69 Å². The first-order valence-corrected chi connectivity index (χ1v) is 4.97. The summed E-state index contributed by atoms with van der Waals surface area (Å²) in [4.78, 5) is 0. The summed E-state index contributed by atoms with van der Waals surface area (Å²) >= 11 is 0. The van der Waals surface area contributed by atoms with Gasteiger partial charge in [-0.2, -0.15) is 4.68 Å². The molecule has 1 aromatic heterocycles. The van der Waals surface area contributed by atoms with Crippen molar-refractivity contribution < 1.29 is 0 Å². The molecule has 0 radical (unpaired) electrons. The second-order valence-electron chi connectivity index (χ2n) is 3.66. The Morgan fingerprint density at radius 3 is 3.13 bits per heavy atom. The van der Waals surface area contributed by atoms with Crippen molar-refractivity contribution in [2.45, 2.75) is 13.3 Å². The van der Waals surface area contributed by atoms with Gasteiger partial charge in [-0.25, -0.2) is 0 Å². The normalized spacial score (nSPS) is 13.7. The maximum absolute atomic E-state index is 3.94. The number of nitrogens with one attached hydrogen (secondary N) is 1. The van der Waals surface area contributed by atoms with Crippen LogP contribution in [0.25, 0.3) is 5.69 Å². The highest BCUT2D eigenvalue weighted by atomic mass is 15.5. The Kier molecular flexibility index (Phi) is 1.71. The molecular formula is C10H11N5. The molecule has 1 aliphatic rings. The first-order chi connectivity index (χ1) is 7.34. The molecular weight excluding hydrogens is 190 g/mol. The molecule has 0 fully saturated rings. The zero-order valence-electron chi connectivity index (χ0n) is 8.44. The number of benzene rings is 1. The van der Waals surface area contributed by atoms with E-state index in [1.54, 1.807) is 4.68 Å². The smallest absolute Gasteiger partial charge is 0.153 e. The fourth-order valence-electron chi connectivity index (χ4n) is 1.88. The van der Waals surface area contributed by atoms with Gasteiger partial charge in [-0.1, -0.05) is 6.07 Å². The van der Waals surface area contributed by atoms with E-state index < -0.39 is 0 Å². The second kappa shape index (κ2) is 3.05. The summed E-state index contributed by atoms with van der Waals surface area (Å²) in [5.41, 5.74) is 3.57. The van der Waals surface area contributed by atoms with E-state index in [0.29, 0.717) is 0 Å². The topological polar surface area (TPSA) is 55.6 Å². The van der Waals surface area contributed by atoms with Crippen LogP contribution in [0.2, 0.25) is 0 Å². The Hall–Kier alpha value is -1.91. The Bertz CT molecular complexity index is 502. The van der Waals surface area contributed by atoms with Crippen LogP contribution in [0.3, 0.4) is 0 Å². The summed E-state index contributed by atoms with van der Waals surface area (Å²) in [6.07, 6.45) is 1.10.